The first-order valence-corrected chi connectivity index (χ1v) is 6.01. The van der Waals surface area contributed by atoms with E-state index in [1.165, 1.54) is 12.6 Å². The van der Waals surface area contributed by atoms with Crippen LogP contribution in [0.4, 0.5) is 0 Å². The molecule has 0 heterocycles. The van der Waals surface area contributed by atoms with Crippen LogP contribution in [0.1, 0.15) is 33.6 Å². The van der Waals surface area contributed by atoms with Gasteiger partial charge in [0.15, 0.2) is 0 Å². The lowest BCUT2D eigenvalue weighted by Gasteiger charge is -2.17. The van der Waals surface area contributed by atoms with Crippen LogP contribution in [0.25, 0.3) is 0 Å². The molecule has 0 amide bonds. The molecule has 0 aromatic heterocycles. The van der Waals surface area contributed by atoms with Gasteiger partial charge in [-0.2, -0.15) is 0 Å². The molecule has 0 aliphatic carbocycles. The molecular formula is C12H25N3. The van der Waals surface area contributed by atoms with Gasteiger partial charge in [0, 0.05) is 24.9 Å². The predicted octanol–water partition coefficient (Wildman–Crippen LogP) is 2.46. The van der Waals surface area contributed by atoms with Crippen molar-refractivity contribution >= 4 is 12.4 Å². The molecule has 88 valence electrons. The van der Waals surface area contributed by atoms with E-state index in [1.54, 1.807) is 0 Å². The maximum absolute atomic E-state index is 7.16. The Morgan fingerprint density at radius 1 is 1.27 bits per heavy atom. The Bertz CT molecular complexity index is 178. The van der Waals surface area contributed by atoms with Gasteiger partial charge in [-0.1, -0.05) is 20.8 Å². The molecule has 3 nitrogen and oxygen atoms in total. The quantitative estimate of drug-likeness (QED) is 0.585. The Morgan fingerprint density at radius 2 is 2.00 bits per heavy atom. The third kappa shape index (κ3) is 7.25. The summed E-state index contributed by atoms with van der Waals surface area (Å²) >= 11 is 0. The maximum atomic E-state index is 7.16. The highest BCUT2D eigenvalue weighted by Gasteiger charge is 1.99. The van der Waals surface area contributed by atoms with Crippen LogP contribution in [0.5, 0.6) is 0 Å². The zero-order valence-corrected chi connectivity index (χ0v) is 10.4. The summed E-state index contributed by atoms with van der Waals surface area (Å²) in [7, 11) is 0. The summed E-state index contributed by atoms with van der Waals surface area (Å²) in [6.07, 6.45) is 5.55. The van der Waals surface area contributed by atoms with E-state index in [9.17, 15) is 0 Å². The topological polar surface area (TPSA) is 39.5 Å². The summed E-state index contributed by atoms with van der Waals surface area (Å²) in [6, 6.07) is 0. The van der Waals surface area contributed by atoms with Crippen molar-refractivity contribution in [3.8, 4) is 0 Å². The molecule has 1 unspecified atom stereocenters. The van der Waals surface area contributed by atoms with Crippen LogP contribution in [0.15, 0.2) is 4.99 Å². The molecule has 0 aliphatic heterocycles. The molecule has 0 rings (SSSR count). The summed E-state index contributed by atoms with van der Waals surface area (Å²) in [5.74, 6) is 0.228. The van der Waals surface area contributed by atoms with E-state index in [0.717, 1.165) is 32.6 Å². The highest BCUT2D eigenvalue weighted by atomic mass is 15.1. The standard InChI is InChI=1S/C12H25N3/c1-4-8-15(6-3)9-7-14-11-12(5-2)10-13/h10-13H,4-9H2,1-3H3. The van der Waals surface area contributed by atoms with Crippen LogP contribution in [0.3, 0.4) is 0 Å². The summed E-state index contributed by atoms with van der Waals surface area (Å²) in [5, 5.41) is 7.16. The minimum atomic E-state index is 0.228. The average molecular weight is 211 g/mol. The Hall–Kier alpha value is -0.700. The van der Waals surface area contributed by atoms with E-state index in [-0.39, 0.29) is 5.92 Å². The maximum Gasteiger partial charge on any atom is 0.0513 e. The van der Waals surface area contributed by atoms with Gasteiger partial charge in [-0.05, 0) is 25.9 Å². The van der Waals surface area contributed by atoms with Crippen LogP contribution < -0.4 is 0 Å². The molecule has 0 saturated carbocycles. The number of likely N-dealkylation sites (N-methyl/N-ethyl adjacent to an activating group) is 1. The van der Waals surface area contributed by atoms with E-state index in [1.807, 2.05) is 6.21 Å². The van der Waals surface area contributed by atoms with Gasteiger partial charge in [0.05, 0.1) is 6.54 Å². The van der Waals surface area contributed by atoms with E-state index in [2.05, 4.69) is 30.7 Å². The Balaban J connectivity index is 3.70. The number of nitrogens with zero attached hydrogens (tertiary/aromatic N) is 2. The van der Waals surface area contributed by atoms with Crippen molar-refractivity contribution in [2.45, 2.75) is 33.6 Å². The van der Waals surface area contributed by atoms with Crippen LogP contribution in [-0.2, 0) is 0 Å². The molecule has 0 aromatic rings. The van der Waals surface area contributed by atoms with Gasteiger partial charge in [-0.3, -0.25) is 4.99 Å². The van der Waals surface area contributed by atoms with Crippen molar-refractivity contribution in [3.63, 3.8) is 0 Å². The minimum absolute atomic E-state index is 0.228. The molecule has 0 bridgehead atoms. The first-order chi connectivity index (χ1) is 7.28. The largest absolute Gasteiger partial charge is 0.312 e. The lowest BCUT2D eigenvalue weighted by atomic mass is 10.1. The average Bonchev–Trinajstić information content (AvgIpc) is 2.28. The van der Waals surface area contributed by atoms with Crippen molar-refractivity contribution in [2.75, 3.05) is 26.2 Å². The van der Waals surface area contributed by atoms with Crippen molar-refractivity contribution in [2.24, 2.45) is 10.9 Å². The second-order valence-electron chi connectivity index (χ2n) is 3.73. The molecule has 3 heteroatoms. The summed E-state index contributed by atoms with van der Waals surface area (Å²) in [5.41, 5.74) is 0. The zero-order chi connectivity index (χ0) is 11.5. The van der Waals surface area contributed by atoms with Gasteiger partial charge in [-0.15, -0.1) is 0 Å². The Labute approximate surface area is 94.1 Å². The molecule has 1 atom stereocenters. The Kier molecular flexibility index (Phi) is 9.38. The minimum Gasteiger partial charge on any atom is -0.312 e. The lowest BCUT2D eigenvalue weighted by molar-refractivity contribution is 0.297. The normalized spacial score (nSPS) is 13.6. The summed E-state index contributed by atoms with van der Waals surface area (Å²) in [4.78, 5) is 6.77. The number of aliphatic imine (C=N–C) groups is 1. The Morgan fingerprint density at radius 3 is 2.47 bits per heavy atom. The zero-order valence-electron chi connectivity index (χ0n) is 10.4. The molecular weight excluding hydrogens is 186 g/mol. The van der Waals surface area contributed by atoms with Crippen molar-refractivity contribution < 1.29 is 0 Å². The second kappa shape index (κ2) is 9.84. The number of rotatable bonds is 9. The fourth-order valence-electron chi connectivity index (χ4n) is 1.42. The van der Waals surface area contributed by atoms with Crippen LogP contribution in [-0.4, -0.2) is 43.5 Å². The molecule has 0 aromatic carbocycles. The van der Waals surface area contributed by atoms with Crippen LogP contribution >= 0.6 is 0 Å². The fourth-order valence-corrected chi connectivity index (χ4v) is 1.42. The molecule has 1 N–H and O–H groups in total. The first kappa shape index (κ1) is 14.3. The predicted molar refractivity (Wildman–Crippen MR) is 68.3 cm³/mol. The van der Waals surface area contributed by atoms with Crippen LogP contribution in [0.2, 0.25) is 0 Å². The van der Waals surface area contributed by atoms with Crippen LogP contribution in [0, 0.1) is 11.3 Å². The SMILES string of the molecule is CCCN(CC)CCN=CC(C=N)CC. The highest BCUT2D eigenvalue weighted by molar-refractivity contribution is 5.81. The van der Waals surface area contributed by atoms with E-state index < -0.39 is 0 Å². The fraction of sp³-hybridized carbons (Fsp3) is 0.833. The monoisotopic (exact) mass is 211 g/mol. The van der Waals surface area contributed by atoms with Gasteiger partial charge >= 0.3 is 0 Å². The third-order valence-corrected chi connectivity index (χ3v) is 2.51. The van der Waals surface area contributed by atoms with E-state index >= 15 is 0 Å². The number of nitrogens with one attached hydrogen (secondary N) is 1. The smallest absolute Gasteiger partial charge is 0.0513 e. The third-order valence-electron chi connectivity index (χ3n) is 2.51. The van der Waals surface area contributed by atoms with Gasteiger partial charge in [0.2, 0.25) is 0 Å². The van der Waals surface area contributed by atoms with Crippen molar-refractivity contribution in [1.82, 2.24) is 4.90 Å². The highest BCUT2D eigenvalue weighted by Crippen LogP contribution is 1.95. The van der Waals surface area contributed by atoms with Gasteiger partial charge in [0.25, 0.3) is 0 Å². The molecule has 0 radical (unpaired) electrons. The second-order valence-corrected chi connectivity index (χ2v) is 3.73. The van der Waals surface area contributed by atoms with E-state index in [0.29, 0.717) is 0 Å². The molecule has 0 spiro atoms. The number of hydrogen-bond acceptors (Lipinski definition) is 3. The molecule has 0 fully saturated rings. The molecule has 0 aliphatic rings. The molecule has 0 saturated heterocycles. The van der Waals surface area contributed by atoms with Gasteiger partial charge in [0.1, 0.15) is 0 Å². The summed E-state index contributed by atoms with van der Waals surface area (Å²) in [6.45, 7) is 10.6. The van der Waals surface area contributed by atoms with Gasteiger partial charge < -0.3 is 10.3 Å². The molecule has 15 heavy (non-hydrogen) atoms. The summed E-state index contributed by atoms with van der Waals surface area (Å²) < 4.78 is 0. The van der Waals surface area contributed by atoms with Gasteiger partial charge in [-0.25, -0.2) is 0 Å². The lowest BCUT2D eigenvalue weighted by Crippen LogP contribution is -2.27. The van der Waals surface area contributed by atoms with Crippen molar-refractivity contribution in [3.05, 3.63) is 0 Å². The number of hydrogen-bond donors (Lipinski definition) is 1. The van der Waals surface area contributed by atoms with Crippen molar-refractivity contribution in [1.29, 1.82) is 5.41 Å². The van der Waals surface area contributed by atoms with E-state index in [4.69, 9.17) is 5.41 Å². The first-order valence-electron chi connectivity index (χ1n) is 6.01.